The van der Waals surface area contributed by atoms with Crippen molar-refractivity contribution in [3.63, 3.8) is 0 Å². The molecule has 0 saturated carbocycles. The third-order valence-electron chi connectivity index (χ3n) is 4.24. The summed E-state index contributed by atoms with van der Waals surface area (Å²) < 4.78 is 8.66. The van der Waals surface area contributed by atoms with Gasteiger partial charge in [0.2, 0.25) is 3.79 Å². The van der Waals surface area contributed by atoms with Gasteiger partial charge in [-0.25, -0.2) is 9.78 Å². The summed E-state index contributed by atoms with van der Waals surface area (Å²) in [6, 6.07) is 9.58. The molecule has 0 spiro atoms. The second-order valence-electron chi connectivity index (χ2n) is 6.35. The average molecular weight is 445 g/mol. The summed E-state index contributed by atoms with van der Waals surface area (Å²) in [6.45, 7) is 4.68. The topological polar surface area (TPSA) is 63.7 Å². The van der Waals surface area contributed by atoms with Crippen molar-refractivity contribution in [2.45, 2.75) is 10.7 Å². The number of morpholine rings is 1. The Morgan fingerprint density at radius 2 is 2.00 bits per heavy atom. The molecule has 3 rings (SSSR count). The maximum Gasteiger partial charge on any atom is 0.411 e. The van der Waals surface area contributed by atoms with Gasteiger partial charge in [-0.15, -0.1) is 0 Å². The first kappa shape index (κ1) is 21.0. The van der Waals surface area contributed by atoms with Crippen molar-refractivity contribution in [2.75, 3.05) is 43.1 Å². The number of anilines is 2. The zero-order valence-electron chi connectivity index (χ0n) is 15.3. The summed E-state index contributed by atoms with van der Waals surface area (Å²) in [6.07, 6.45) is 1.10. The number of aryl methyl sites for hydroxylation is 1. The minimum atomic E-state index is -1.65. The molecular weight excluding hydrogens is 425 g/mol. The van der Waals surface area contributed by atoms with E-state index in [1.165, 1.54) is 0 Å². The fourth-order valence-electron chi connectivity index (χ4n) is 2.86. The second kappa shape index (κ2) is 9.18. The number of nitrogens with one attached hydrogen (secondary N) is 1. The molecule has 1 aromatic carbocycles. The number of pyridine rings is 1. The number of aromatic nitrogens is 1. The number of hydrogen-bond donors (Lipinski definition) is 1. The largest absolute Gasteiger partial charge is 0.445 e. The van der Waals surface area contributed by atoms with Gasteiger partial charge in [-0.3, -0.25) is 5.32 Å². The van der Waals surface area contributed by atoms with Crippen LogP contribution in [0.4, 0.5) is 16.3 Å². The summed E-state index contributed by atoms with van der Waals surface area (Å²) in [5.41, 5.74) is 3.64. The average Bonchev–Trinajstić information content (AvgIpc) is 2.68. The first-order valence-electron chi connectivity index (χ1n) is 8.72. The number of nitrogens with zero attached hydrogens (tertiary/aromatic N) is 2. The SMILES string of the molecule is Cc1ccc(NC(=O)OCC(Cl)(Cl)Cl)cc1-c1ccnc(N2CCOCC2)c1. The highest BCUT2D eigenvalue weighted by atomic mass is 35.6. The van der Waals surface area contributed by atoms with Gasteiger partial charge in [0, 0.05) is 25.0 Å². The number of rotatable bonds is 4. The third-order valence-corrected chi connectivity index (χ3v) is 4.57. The molecule has 1 N–H and O–H groups in total. The molecule has 6 nitrogen and oxygen atoms in total. The summed E-state index contributed by atoms with van der Waals surface area (Å²) in [7, 11) is 0. The van der Waals surface area contributed by atoms with Crippen LogP contribution in [0.25, 0.3) is 11.1 Å². The Balaban J connectivity index is 1.77. The van der Waals surface area contributed by atoms with Crippen LogP contribution in [0, 0.1) is 6.92 Å². The van der Waals surface area contributed by atoms with Gasteiger partial charge in [-0.1, -0.05) is 40.9 Å². The molecule has 0 bridgehead atoms. The molecular formula is C19H20Cl3N3O3. The van der Waals surface area contributed by atoms with Crippen LogP contribution < -0.4 is 10.2 Å². The number of amides is 1. The van der Waals surface area contributed by atoms with Gasteiger partial charge < -0.3 is 14.4 Å². The van der Waals surface area contributed by atoms with E-state index in [1.807, 2.05) is 31.2 Å². The van der Waals surface area contributed by atoms with Gasteiger partial charge in [0.15, 0.2) is 0 Å². The lowest BCUT2D eigenvalue weighted by Crippen LogP contribution is -2.36. The highest BCUT2D eigenvalue weighted by Gasteiger charge is 2.22. The lowest BCUT2D eigenvalue weighted by molar-refractivity contribution is 0.122. The van der Waals surface area contributed by atoms with Gasteiger partial charge >= 0.3 is 6.09 Å². The molecule has 0 radical (unpaired) electrons. The minimum Gasteiger partial charge on any atom is -0.445 e. The monoisotopic (exact) mass is 443 g/mol. The fourth-order valence-corrected chi connectivity index (χ4v) is 3.03. The maximum absolute atomic E-state index is 11.9. The fraction of sp³-hybridized carbons (Fsp3) is 0.368. The predicted molar refractivity (Wildman–Crippen MR) is 113 cm³/mol. The molecule has 1 amide bonds. The molecule has 9 heteroatoms. The highest BCUT2D eigenvalue weighted by Crippen LogP contribution is 2.29. The molecule has 2 heterocycles. The highest BCUT2D eigenvalue weighted by molar-refractivity contribution is 6.67. The zero-order chi connectivity index (χ0) is 20.1. The van der Waals surface area contributed by atoms with Crippen molar-refractivity contribution in [3.8, 4) is 11.1 Å². The van der Waals surface area contributed by atoms with E-state index in [-0.39, 0.29) is 6.61 Å². The van der Waals surface area contributed by atoms with Crippen molar-refractivity contribution in [1.82, 2.24) is 4.98 Å². The van der Waals surface area contributed by atoms with E-state index in [9.17, 15) is 4.79 Å². The number of halogens is 3. The quantitative estimate of drug-likeness (QED) is 0.686. The number of hydrogen-bond acceptors (Lipinski definition) is 5. The van der Waals surface area contributed by atoms with Crippen molar-refractivity contribution in [2.24, 2.45) is 0 Å². The first-order chi connectivity index (χ1) is 13.3. The van der Waals surface area contributed by atoms with Gasteiger partial charge in [-0.2, -0.15) is 0 Å². The molecule has 1 aliphatic rings. The Bertz CT molecular complexity index is 837. The van der Waals surface area contributed by atoms with Crippen molar-refractivity contribution in [3.05, 3.63) is 42.1 Å². The van der Waals surface area contributed by atoms with Crippen LogP contribution in [0.2, 0.25) is 0 Å². The van der Waals surface area contributed by atoms with Crippen molar-refractivity contribution in [1.29, 1.82) is 0 Å². The summed E-state index contributed by atoms with van der Waals surface area (Å²) in [5.74, 6) is 0.903. The Kier molecular flexibility index (Phi) is 6.88. The van der Waals surface area contributed by atoms with Gasteiger partial charge in [0.25, 0.3) is 0 Å². The van der Waals surface area contributed by atoms with Gasteiger partial charge in [0.1, 0.15) is 12.4 Å². The smallest absolute Gasteiger partial charge is 0.411 e. The number of benzene rings is 1. The van der Waals surface area contributed by atoms with Crippen LogP contribution in [0.1, 0.15) is 5.56 Å². The van der Waals surface area contributed by atoms with Crippen LogP contribution >= 0.6 is 34.8 Å². The Morgan fingerprint density at radius 1 is 1.25 bits per heavy atom. The maximum atomic E-state index is 11.9. The molecule has 150 valence electrons. The van der Waals surface area contributed by atoms with E-state index in [0.717, 1.165) is 35.6 Å². The Labute approximate surface area is 178 Å². The third kappa shape index (κ3) is 5.88. The molecule has 1 fully saturated rings. The Hall–Kier alpha value is -1.73. The molecule has 28 heavy (non-hydrogen) atoms. The van der Waals surface area contributed by atoms with Crippen LogP contribution in [-0.4, -0.2) is 47.8 Å². The Morgan fingerprint density at radius 3 is 2.71 bits per heavy atom. The van der Waals surface area contributed by atoms with E-state index in [1.54, 1.807) is 12.3 Å². The number of ether oxygens (including phenoxy) is 2. The lowest BCUT2D eigenvalue weighted by Gasteiger charge is -2.28. The number of alkyl halides is 3. The summed E-state index contributed by atoms with van der Waals surface area (Å²) in [5, 5.41) is 2.65. The summed E-state index contributed by atoms with van der Waals surface area (Å²) >= 11 is 16.8. The predicted octanol–water partition coefficient (Wildman–Crippen LogP) is 4.81. The summed E-state index contributed by atoms with van der Waals surface area (Å²) in [4.78, 5) is 18.6. The molecule has 1 aliphatic heterocycles. The van der Waals surface area contributed by atoms with Crippen molar-refractivity contribution < 1.29 is 14.3 Å². The van der Waals surface area contributed by atoms with E-state index < -0.39 is 9.89 Å². The number of carbonyl (C=O) groups is 1. The van der Waals surface area contributed by atoms with E-state index in [0.29, 0.717) is 18.9 Å². The van der Waals surface area contributed by atoms with Crippen LogP contribution in [0.5, 0.6) is 0 Å². The second-order valence-corrected chi connectivity index (χ2v) is 8.86. The standard InChI is InChI=1S/C19H20Cl3N3O3/c1-13-2-3-15(24-18(26)28-12-19(20,21)22)11-16(13)14-4-5-23-17(10-14)25-6-8-27-9-7-25/h2-5,10-11H,6-9,12H2,1H3,(H,24,26). The minimum absolute atomic E-state index is 0.338. The van der Waals surface area contributed by atoms with Crippen LogP contribution in [-0.2, 0) is 9.47 Å². The number of carbonyl (C=O) groups excluding carboxylic acids is 1. The van der Waals surface area contributed by atoms with Gasteiger partial charge in [-0.05, 0) is 47.9 Å². The molecule has 0 aliphatic carbocycles. The lowest BCUT2D eigenvalue weighted by atomic mass is 10.0. The zero-order valence-corrected chi connectivity index (χ0v) is 17.5. The first-order valence-corrected chi connectivity index (χ1v) is 9.85. The van der Waals surface area contributed by atoms with Crippen molar-refractivity contribution >= 4 is 52.4 Å². The van der Waals surface area contributed by atoms with E-state index >= 15 is 0 Å². The van der Waals surface area contributed by atoms with E-state index in [2.05, 4.69) is 15.2 Å². The van der Waals surface area contributed by atoms with Crippen LogP contribution in [0.15, 0.2) is 36.5 Å². The van der Waals surface area contributed by atoms with E-state index in [4.69, 9.17) is 44.3 Å². The molecule has 0 atom stereocenters. The van der Waals surface area contributed by atoms with Crippen LogP contribution in [0.3, 0.4) is 0 Å². The molecule has 1 aromatic heterocycles. The van der Waals surface area contributed by atoms with Gasteiger partial charge in [0.05, 0.1) is 13.2 Å². The molecule has 1 saturated heterocycles. The molecule has 0 unspecified atom stereocenters. The normalized spacial score (nSPS) is 14.6. The molecule has 2 aromatic rings.